The first-order chi connectivity index (χ1) is 7.19. The lowest BCUT2D eigenvalue weighted by molar-refractivity contribution is 0.415. The predicted molar refractivity (Wildman–Crippen MR) is 66.8 cm³/mol. The lowest BCUT2D eigenvalue weighted by Gasteiger charge is -2.10. The van der Waals surface area contributed by atoms with Gasteiger partial charge in [0.2, 0.25) is 0 Å². The molecule has 84 valence electrons. The van der Waals surface area contributed by atoms with Crippen molar-refractivity contribution in [3.63, 3.8) is 0 Å². The first kappa shape index (κ1) is 12.8. The smallest absolute Gasteiger partial charge is 0.139 e. The molecule has 0 aromatic heterocycles. The molecule has 0 saturated carbocycles. The molecule has 1 aromatic rings. The van der Waals surface area contributed by atoms with Crippen molar-refractivity contribution in [1.82, 2.24) is 0 Å². The Balaban J connectivity index is 2.76. The molecule has 0 saturated heterocycles. The summed E-state index contributed by atoms with van der Waals surface area (Å²) < 4.78 is 5.04. The van der Waals surface area contributed by atoms with Crippen LogP contribution in [0.25, 0.3) is 0 Å². The molecule has 0 aliphatic heterocycles. The first-order valence-electron chi connectivity index (χ1n) is 4.52. The van der Waals surface area contributed by atoms with E-state index in [0.717, 1.165) is 18.7 Å². The lowest BCUT2D eigenvalue weighted by Crippen LogP contribution is -2.02. The van der Waals surface area contributed by atoms with Crippen LogP contribution in [0.4, 0.5) is 5.69 Å². The van der Waals surface area contributed by atoms with E-state index in [1.807, 2.05) is 0 Å². The predicted octanol–water partition coefficient (Wildman–Crippen LogP) is 4.04. The number of methoxy groups -OCH3 is 1. The maximum atomic E-state index is 6.02. The standard InChI is InChI=1S/C10H12Cl3NO/c1-15-10-6-7(12)9(5-8(10)13)14-4-2-3-11/h5-6,14H,2-4H2,1H3. The summed E-state index contributed by atoms with van der Waals surface area (Å²) >= 11 is 17.6. The highest BCUT2D eigenvalue weighted by molar-refractivity contribution is 6.36. The molecule has 0 atom stereocenters. The highest BCUT2D eigenvalue weighted by atomic mass is 35.5. The second kappa shape index (κ2) is 6.31. The van der Waals surface area contributed by atoms with Gasteiger partial charge in [-0.15, -0.1) is 11.6 Å². The Hall–Kier alpha value is -0.310. The summed E-state index contributed by atoms with van der Waals surface area (Å²) in [6.07, 6.45) is 0.877. The Bertz CT molecular complexity index is 331. The van der Waals surface area contributed by atoms with E-state index in [1.165, 1.54) is 0 Å². The summed E-state index contributed by atoms with van der Waals surface area (Å²) in [6, 6.07) is 3.43. The third kappa shape index (κ3) is 3.63. The number of nitrogens with one attached hydrogen (secondary N) is 1. The molecule has 5 heteroatoms. The molecule has 0 amide bonds. The van der Waals surface area contributed by atoms with Crippen molar-refractivity contribution in [1.29, 1.82) is 0 Å². The first-order valence-corrected chi connectivity index (χ1v) is 5.81. The fourth-order valence-electron chi connectivity index (χ4n) is 1.11. The van der Waals surface area contributed by atoms with Crippen LogP contribution >= 0.6 is 34.8 Å². The fourth-order valence-corrected chi connectivity index (χ4v) is 1.71. The van der Waals surface area contributed by atoms with Gasteiger partial charge < -0.3 is 10.1 Å². The molecule has 0 aliphatic rings. The Morgan fingerprint density at radius 2 is 2.00 bits per heavy atom. The zero-order chi connectivity index (χ0) is 11.3. The highest BCUT2D eigenvalue weighted by Crippen LogP contribution is 2.33. The van der Waals surface area contributed by atoms with Gasteiger partial charge in [-0.2, -0.15) is 0 Å². The SMILES string of the molecule is COc1cc(Cl)c(NCCCCl)cc1Cl. The number of halogens is 3. The van der Waals surface area contributed by atoms with Crippen molar-refractivity contribution >= 4 is 40.5 Å². The number of hydrogen-bond acceptors (Lipinski definition) is 2. The van der Waals surface area contributed by atoms with E-state index in [9.17, 15) is 0 Å². The molecule has 0 aliphatic carbocycles. The number of benzene rings is 1. The van der Waals surface area contributed by atoms with E-state index in [1.54, 1.807) is 19.2 Å². The third-order valence-electron chi connectivity index (χ3n) is 1.87. The van der Waals surface area contributed by atoms with Crippen LogP contribution in [0.3, 0.4) is 0 Å². The topological polar surface area (TPSA) is 21.3 Å². The molecule has 1 rings (SSSR count). The normalized spacial score (nSPS) is 10.1. The van der Waals surface area contributed by atoms with Gasteiger partial charge in [-0.25, -0.2) is 0 Å². The van der Waals surface area contributed by atoms with Crippen LogP contribution in [0.2, 0.25) is 10.0 Å². The van der Waals surface area contributed by atoms with Crippen LogP contribution in [0.1, 0.15) is 6.42 Å². The van der Waals surface area contributed by atoms with Gasteiger partial charge in [0, 0.05) is 18.5 Å². The van der Waals surface area contributed by atoms with Gasteiger partial charge in [-0.3, -0.25) is 0 Å². The van der Waals surface area contributed by atoms with Crippen LogP contribution in [0.15, 0.2) is 12.1 Å². The second-order valence-corrected chi connectivity index (χ2v) is 4.13. The molecule has 0 fully saturated rings. The fraction of sp³-hybridized carbons (Fsp3) is 0.400. The monoisotopic (exact) mass is 267 g/mol. The van der Waals surface area contributed by atoms with Crippen LogP contribution in [-0.2, 0) is 0 Å². The highest BCUT2D eigenvalue weighted by Gasteiger charge is 2.06. The molecule has 0 heterocycles. The Morgan fingerprint density at radius 1 is 1.27 bits per heavy atom. The van der Waals surface area contributed by atoms with Gasteiger partial charge in [0.1, 0.15) is 5.75 Å². The Morgan fingerprint density at radius 3 is 2.60 bits per heavy atom. The second-order valence-electron chi connectivity index (χ2n) is 2.94. The molecular formula is C10H12Cl3NO. The molecule has 1 aromatic carbocycles. The summed E-state index contributed by atoms with van der Waals surface area (Å²) in [5, 5.41) is 4.28. The largest absolute Gasteiger partial charge is 0.495 e. The van der Waals surface area contributed by atoms with Crippen LogP contribution < -0.4 is 10.1 Å². The summed E-state index contributed by atoms with van der Waals surface area (Å²) in [4.78, 5) is 0. The number of alkyl halides is 1. The Kier molecular flexibility index (Phi) is 5.37. The number of ether oxygens (including phenoxy) is 1. The quantitative estimate of drug-likeness (QED) is 0.643. The average molecular weight is 269 g/mol. The van der Waals surface area contributed by atoms with Crippen molar-refractivity contribution < 1.29 is 4.74 Å². The molecular weight excluding hydrogens is 256 g/mol. The lowest BCUT2D eigenvalue weighted by atomic mass is 10.3. The maximum Gasteiger partial charge on any atom is 0.139 e. The van der Waals surface area contributed by atoms with Crippen molar-refractivity contribution in [2.24, 2.45) is 0 Å². The van der Waals surface area contributed by atoms with Gasteiger partial charge in [-0.05, 0) is 12.5 Å². The minimum absolute atomic E-state index is 0.537. The molecule has 0 radical (unpaired) electrons. The van der Waals surface area contributed by atoms with Crippen molar-refractivity contribution in [3.8, 4) is 5.75 Å². The summed E-state index contributed by atoms with van der Waals surface area (Å²) in [5.41, 5.74) is 0.799. The van der Waals surface area contributed by atoms with E-state index in [0.29, 0.717) is 21.7 Å². The van der Waals surface area contributed by atoms with Gasteiger partial charge >= 0.3 is 0 Å². The Labute approximate surface area is 104 Å². The van der Waals surface area contributed by atoms with Crippen LogP contribution in [-0.4, -0.2) is 19.5 Å². The molecule has 0 unspecified atom stereocenters. The average Bonchev–Trinajstić information content (AvgIpc) is 2.23. The van der Waals surface area contributed by atoms with Crippen LogP contribution in [0.5, 0.6) is 5.75 Å². The van der Waals surface area contributed by atoms with Gasteiger partial charge in [0.25, 0.3) is 0 Å². The number of hydrogen-bond donors (Lipinski definition) is 1. The van der Waals surface area contributed by atoms with Crippen molar-refractivity contribution in [3.05, 3.63) is 22.2 Å². The number of rotatable bonds is 5. The maximum absolute atomic E-state index is 6.02. The molecule has 0 bridgehead atoms. The zero-order valence-corrected chi connectivity index (χ0v) is 10.6. The minimum atomic E-state index is 0.537. The number of anilines is 1. The third-order valence-corrected chi connectivity index (χ3v) is 2.74. The zero-order valence-electron chi connectivity index (χ0n) is 8.32. The van der Waals surface area contributed by atoms with Gasteiger partial charge in [0.15, 0.2) is 0 Å². The van der Waals surface area contributed by atoms with Crippen molar-refractivity contribution in [2.75, 3.05) is 24.9 Å². The van der Waals surface area contributed by atoms with E-state index in [2.05, 4.69) is 5.32 Å². The van der Waals surface area contributed by atoms with E-state index in [4.69, 9.17) is 39.5 Å². The van der Waals surface area contributed by atoms with E-state index in [-0.39, 0.29) is 0 Å². The van der Waals surface area contributed by atoms with Crippen LogP contribution in [0, 0.1) is 0 Å². The molecule has 1 N–H and O–H groups in total. The molecule has 15 heavy (non-hydrogen) atoms. The summed E-state index contributed by atoms with van der Waals surface area (Å²) in [5.74, 6) is 1.19. The molecule has 2 nitrogen and oxygen atoms in total. The van der Waals surface area contributed by atoms with E-state index < -0.39 is 0 Å². The summed E-state index contributed by atoms with van der Waals surface area (Å²) in [6.45, 7) is 0.770. The van der Waals surface area contributed by atoms with Gasteiger partial charge in [0.05, 0.1) is 22.8 Å². The molecule has 0 spiro atoms. The van der Waals surface area contributed by atoms with E-state index >= 15 is 0 Å². The van der Waals surface area contributed by atoms with Gasteiger partial charge in [-0.1, -0.05) is 23.2 Å². The van der Waals surface area contributed by atoms with Crippen molar-refractivity contribution in [2.45, 2.75) is 6.42 Å². The summed E-state index contributed by atoms with van der Waals surface area (Å²) in [7, 11) is 1.55. The minimum Gasteiger partial charge on any atom is -0.495 e.